The molecule has 0 fully saturated rings. The molecule has 0 atom stereocenters. The third-order valence-electron chi connectivity index (χ3n) is 2.51. The first-order valence-electron chi connectivity index (χ1n) is 5.14. The van der Waals surface area contributed by atoms with Crippen LogP contribution in [0.25, 0.3) is 11.1 Å². The topological polar surface area (TPSA) is 59.4 Å². The maximum atomic E-state index is 11.1. The minimum absolute atomic E-state index is 0.189. The highest BCUT2D eigenvalue weighted by molar-refractivity contribution is 6.32. The van der Waals surface area contributed by atoms with Crippen molar-refractivity contribution in [1.29, 1.82) is 0 Å². The summed E-state index contributed by atoms with van der Waals surface area (Å²) >= 11 is 5.93. The van der Waals surface area contributed by atoms with Crippen LogP contribution in [0.4, 0.5) is 0 Å². The number of hydrogen-bond acceptors (Lipinski definition) is 3. The van der Waals surface area contributed by atoms with Gasteiger partial charge in [-0.2, -0.15) is 0 Å². The fourth-order valence-electron chi connectivity index (χ4n) is 1.64. The number of aromatic carboxylic acids is 1. The van der Waals surface area contributed by atoms with E-state index in [0.29, 0.717) is 21.9 Å². The van der Waals surface area contributed by atoms with Crippen LogP contribution in [0.3, 0.4) is 0 Å². The first kappa shape index (κ1) is 12.4. The molecular formula is C13H10ClNO3. The van der Waals surface area contributed by atoms with Crippen molar-refractivity contribution >= 4 is 17.6 Å². The normalized spacial score (nSPS) is 10.1. The number of nitrogens with zero attached hydrogens (tertiary/aromatic N) is 1. The standard InChI is InChI=1S/C13H10ClNO3/c1-18-12-6-8(2-3-11(12)14)10-7-15-5-4-9(10)13(16)17/h2-7H,1H3,(H,16,17). The molecule has 4 nitrogen and oxygen atoms in total. The van der Waals surface area contributed by atoms with Crippen molar-refractivity contribution in [2.45, 2.75) is 0 Å². The summed E-state index contributed by atoms with van der Waals surface area (Å²) in [5.41, 5.74) is 1.41. The molecule has 92 valence electrons. The zero-order valence-corrected chi connectivity index (χ0v) is 10.3. The van der Waals surface area contributed by atoms with Gasteiger partial charge in [0.25, 0.3) is 0 Å². The molecule has 2 rings (SSSR count). The molecule has 1 aromatic heterocycles. The third kappa shape index (κ3) is 2.28. The van der Waals surface area contributed by atoms with Crippen molar-refractivity contribution in [3.8, 4) is 16.9 Å². The Kier molecular flexibility index (Phi) is 3.48. The maximum absolute atomic E-state index is 11.1. The van der Waals surface area contributed by atoms with E-state index >= 15 is 0 Å². The molecule has 0 aliphatic rings. The van der Waals surface area contributed by atoms with E-state index in [1.165, 1.54) is 25.6 Å². The number of aromatic nitrogens is 1. The summed E-state index contributed by atoms with van der Waals surface area (Å²) in [5.74, 6) is -0.504. The minimum atomic E-state index is -0.999. The lowest BCUT2D eigenvalue weighted by atomic mass is 10.0. The van der Waals surface area contributed by atoms with Crippen LogP contribution in [0, 0.1) is 0 Å². The second kappa shape index (κ2) is 5.06. The van der Waals surface area contributed by atoms with Gasteiger partial charge in [-0.1, -0.05) is 17.7 Å². The van der Waals surface area contributed by atoms with Crippen molar-refractivity contribution in [2.24, 2.45) is 0 Å². The molecule has 0 saturated carbocycles. The van der Waals surface area contributed by atoms with Crippen molar-refractivity contribution < 1.29 is 14.6 Å². The molecule has 1 heterocycles. The summed E-state index contributed by atoms with van der Waals surface area (Å²) in [4.78, 5) is 15.1. The van der Waals surface area contributed by atoms with Crippen LogP contribution >= 0.6 is 11.6 Å². The Morgan fingerprint density at radius 1 is 1.39 bits per heavy atom. The number of carboxylic acids is 1. The van der Waals surface area contributed by atoms with Gasteiger partial charge in [0.05, 0.1) is 17.7 Å². The summed E-state index contributed by atoms with van der Waals surface area (Å²) in [6.07, 6.45) is 2.95. The van der Waals surface area contributed by atoms with Gasteiger partial charge in [0.2, 0.25) is 0 Å². The SMILES string of the molecule is COc1cc(-c2cnccc2C(=O)O)ccc1Cl. The zero-order valence-electron chi connectivity index (χ0n) is 9.55. The number of carboxylic acid groups (broad SMARTS) is 1. The fraction of sp³-hybridized carbons (Fsp3) is 0.0769. The van der Waals surface area contributed by atoms with Crippen LogP contribution in [0.15, 0.2) is 36.7 Å². The molecule has 0 aliphatic heterocycles. The Bertz CT molecular complexity index is 599. The number of hydrogen-bond donors (Lipinski definition) is 1. The summed E-state index contributed by atoms with van der Waals surface area (Å²) in [5, 5.41) is 9.60. The zero-order chi connectivity index (χ0) is 13.1. The predicted octanol–water partition coefficient (Wildman–Crippen LogP) is 3.11. The second-order valence-corrected chi connectivity index (χ2v) is 3.98. The molecule has 0 saturated heterocycles. The molecule has 18 heavy (non-hydrogen) atoms. The van der Waals surface area contributed by atoms with Gasteiger partial charge >= 0.3 is 5.97 Å². The smallest absolute Gasteiger partial charge is 0.336 e. The number of halogens is 1. The molecule has 0 amide bonds. The molecular weight excluding hydrogens is 254 g/mol. The van der Waals surface area contributed by atoms with Crippen LogP contribution < -0.4 is 4.74 Å². The monoisotopic (exact) mass is 263 g/mol. The molecule has 1 aromatic carbocycles. The number of ether oxygens (including phenoxy) is 1. The average molecular weight is 264 g/mol. The van der Waals surface area contributed by atoms with Gasteiger partial charge < -0.3 is 9.84 Å². The van der Waals surface area contributed by atoms with E-state index in [0.717, 1.165) is 0 Å². The maximum Gasteiger partial charge on any atom is 0.336 e. The van der Waals surface area contributed by atoms with Crippen LogP contribution in [-0.4, -0.2) is 23.2 Å². The Morgan fingerprint density at radius 2 is 2.17 bits per heavy atom. The largest absolute Gasteiger partial charge is 0.495 e. The highest BCUT2D eigenvalue weighted by Gasteiger charge is 2.12. The van der Waals surface area contributed by atoms with Gasteiger partial charge in [-0.15, -0.1) is 0 Å². The van der Waals surface area contributed by atoms with E-state index < -0.39 is 5.97 Å². The van der Waals surface area contributed by atoms with Crippen molar-refractivity contribution in [3.05, 3.63) is 47.2 Å². The first-order valence-corrected chi connectivity index (χ1v) is 5.52. The number of benzene rings is 1. The predicted molar refractivity (Wildman–Crippen MR) is 68.2 cm³/mol. The molecule has 0 spiro atoms. The number of pyridine rings is 1. The van der Waals surface area contributed by atoms with E-state index in [2.05, 4.69) is 4.98 Å². The summed E-state index contributed by atoms with van der Waals surface area (Å²) in [6, 6.07) is 6.53. The van der Waals surface area contributed by atoms with E-state index in [9.17, 15) is 4.79 Å². The quantitative estimate of drug-likeness (QED) is 0.924. The number of methoxy groups -OCH3 is 1. The summed E-state index contributed by atoms with van der Waals surface area (Å²) in [6.45, 7) is 0. The van der Waals surface area contributed by atoms with Gasteiger partial charge in [0.1, 0.15) is 5.75 Å². The van der Waals surface area contributed by atoms with Crippen molar-refractivity contribution in [2.75, 3.05) is 7.11 Å². The second-order valence-electron chi connectivity index (χ2n) is 3.58. The first-order chi connectivity index (χ1) is 8.63. The minimum Gasteiger partial charge on any atom is -0.495 e. The molecule has 0 radical (unpaired) electrons. The number of carbonyl (C=O) groups is 1. The van der Waals surface area contributed by atoms with E-state index in [1.807, 2.05) is 0 Å². The lowest BCUT2D eigenvalue weighted by Crippen LogP contribution is -2.00. The van der Waals surface area contributed by atoms with Crippen LogP contribution in [-0.2, 0) is 0 Å². The van der Waals surface area contributed by atoms with Crippen LogP contribution in [0.5, 0.6) is 5.75 Å². The summed E-state index contributed by atoms with van der Waals surface area (Å²) in [7, 11) is 1.51. The van der Waals surface area contributed by atoms with Gasteiger partial charge in [0, 0.05) is 18.0 Å². The Morgan fingerprint density at radius 3 is 2.83 bits per heavy atom. The molecule has 5 heteroatoms. The van der Waals surface area contributed by atoms with Gasteiger partial charge in [-0.05, 0) is 23.8 Å². The number of rotatable bonds is 3. The van der Waals surface area contributed by atoms with E-state index in [4.69, 9.17) is 21.4 Å². The van der Waals surface area contributed by atoms with Gasteiger partial charge in [-0.25, -0.2) is 4.79 Å². The molecule has 0 bridgehead atoms. The fourth-order valence-corrected chi connectivity index (χ4v) is 1.83. The van der Waals surface area contributed by atoms with Crippen LogP contribution in [0.2, 0.25) is 5.02 Å². The van der Waals surface area contributed by atoms with Crippen molar-refractivity contribution in [3.63, 3.8) is 0 Å². The Hall–Kier alpha value is -2.07. The molecule has 0 aliphatic carbocycles. The average Bonchev–Trinajstić information content (AvgIpc) is 2.39. The van der Waals surface area contributed by atoms with Gasteiger partial charge in [-0.3, -0.25) is 4.98 Å². The van der Waals surface area contributed by atoms with Crippen molar-refractivity contribution in [1.82, 2.24) is 4.98 Å². The van der Waals surface area contributed by atoms with Crippen LogP contribution in [0.1, 0.15) is 10.4 Å². The third-order valence-corrected chi connectivity index (χ3v) is 2.83. The van der Waals surface area contributed by atoms with Gasteiger partial charge in [0.15, 0.2) is 0 Å². The molecule has 0 unspecified atom stereocenters. The molecule has 1 N–H and O–H groups in total. The lowest BCUT2D eigenvalue weighted by molar-refractivity contribution is 0.0697. The Balaban J connectivity index is 2.58. The van der Waals surface area contributed by atoms with E-state index in [-0.39, 0.29) is 5.56 Å². The highest BCUT2D eigenvalue weighted by Crippen LogP contribution is 2.31. The highest BCUT2D eigenvalue weighted by atomic mass is 35.5. The molecule has 2 aromatic rings. The Labute approximate surface area is 109 Å². The summed E-state index contributed by atoms with van der Waals surface area (Å²) < 4.78 is 5.11. The van der Waals surface area contributed by atoms with E-state index in [1.54, 1.807) is 18.2 Å². The lowest BCUT2D eigenvalue weighted by Gasteiger charge is -2.08.